The zero-order valence-electron chi connectivity index (χ0n) is 11.7. The molecule has 0 N–H and O–H groups in total. The molecule has 0 atom stereocenters. The van der Waals surface area contributed by atoms with E-state index in [0.29, 0.717) is 10.2 Å². The van der Waals surface area contributed by atoms with Crippen molar-refractivity contribution in [2.24, 2.45) is 0 Å². The van der Waals surface area contributed by atoms with Gasteiger partial charge in [-0.1, -0.05) is 12.2 Å². The molecule has 2 heterocycles. The van der Waals surface area contributed by atoms with Gasteiger partial charge < -0.3 is 9.30 Å². The molecule has 1 saturated heterocycles. The fourth-order valence-corrected chi connectivity index (χ4v) is 2.75. The predicted molar refractivity (Wildman–Crippen MR) is 76.6 cm³/mol. The maximum atomic E-state index is 9.28. The van der Waals surface area contributed by atoms with Crippen molar-refractivity contribution in [1.29, 1.82) is 5.26 Å². The Kier molecular flexibility index (Phi) is 4.35. The van der Waals surface area contributed by atoms with E-state index in [2.05, 4.69) is 29.4 Å². The molecule has 2 rings (SSSR count). The lowest BCUT2D eigenvalue weighted by Gasteiger charge is -2.29. The summed E-state index contributed by atoms with van der Waals surface area (Å²) in [5.74, 6) is 0. The zero-order chi connectivity index (χ0) is 14.0. The van der Waals surface area contributed by atoms with Crippen LogP contribution in [0.5, 0.6) is 0 Å². The van der Waals surface area contributed by atoms with Crippen molar-refractivity contribution in [3.63, 3.8) is 0 Å². The number of nitriles is 1. The van der Waals surface area contributed by atoms with Crippen LogP contribution in [0.4, 0.5) is 0 Å². The number of nitrogens with zero attached hydrogens (tertiary/aromatic N) is 3. The van der Waals surface area contributed by atoms with E-state index in [0.717, 1.165) is 49.8 Å². The fraction of sp³-hybridized carbons (Fsp3) is 0.571. The molecule has 0 unspecified atom stereocenters. The molecule has 5 heteroatoms. The summed E-state index contributed by atoms with van der Waals surface area (Å²) in [7, 11) is 0. The van der Waals surface area contributed by atoms with Gasteiger partial charge in [-0.25, -0.2) is 0 Å². The van der Waals surface area contributed by atoms with E-state index in [1.54, 1.807) is 0 Å². The zero-order valence-corrected chi connectivity index (χ0v) is 12.5. The van der Waals surface area contributed by atoms with E-state index < -0.39 is 0 Å². The first kappa shape index (κ1) is 14.2. The summed E-state index contributed by atoms with van der Waals surface area (Å²) < 4.78 is 8.08. The van der Waals surface area contributed by atoms with E-state index in [1.165, 1.54) is 0 Å². The fourth-order valence-electron chi connectivity index (χ4n) is 2.35. The van der Waals surface area contributed by atoms with E-state index in [1.807, 2.05) is 6.92 Å². The number of morpholine rings is 1. The minimum absolute atomic E-state index is 0.631. The average molecular weight is 277 g/mol. The maximum Gasteiger partial charge on any atom is 0.125 e. The van der Waals surface area contributed by atoms with Crippen molar-refractivity contribution < 1.29 is 4.74 Å². The third-order valence-corrected chi connectivity index (χ3v) is 4.33. The number of aromatic nitrogens is 1. The van der Waals surface area contributed by atoms with Crippen LogP contribution in [0.3, 0.4) is 0 Å². The van der Waals surface area contributed by atoms with Crippen molar-refractivity contribution >= 4 is 12.2 Å². The maximum absolute atomic E-state index is 9.28. The summed E-state index contributed by atoms with van der Waals surface area (Å²) in [6, 6.07) is 2.24. The van der Waals surface area contributed by atoms with Crippen molar-refractivity contribution in [2.45, 2.75) is 27.4 Å². The topological polar surface area (TPSA) is 41.2 Å². The molecule has 0 spiro atoms. The van der Waals surface area contributed by atoms with Gasteiger partial charge in [-0.3, -0.25) is 4.90 Å². The molecular formula is C14H19N3OS. The Bertz CT molecular complexity index is 580. The van der Waals surface area contributed by atoms with E-state index in [-0.39, 0.29) is 0 Å². The van der Waals surface area contributed by atoms with Gasteiger partial charge in [-0.2, -0.15) is 5.26 Å². The second kappa shape index (κ2) is 5.83. The molecule has 1 aliphatic rings. The average Bonchev–Trinajstić information content (AvgIpc) is 2.43. The SMILES string of the molecule is Cc1c(C)c(C)n(CN2CCOCC2)c(=S)c1C#N. The molecule has 1 aromatic rings. The second-order valence-electron chi connectivity index (χ2n) is 4.93. The van der Waals surface area contributed by atoms with Gasteiger partial charge >= 0.3 is 0 Å². The van der Waals surface area contributed by atoms with Crippen molar-refractivity contribution in [1.82, 2.24) is 9.47 Å². The van der Waals surface area contributed by atoms with Gasteiger partial charge in [0.05, 0.1) is 25.4 Å². The lowest BCUT2D eigenvalue weighted by molar-refractivity contribution is 0.0228. The van der Waals surface area contributed by atoms with Gasteiger partial charge in [-0.05, 0) is 31.9 Å². The van der Waals surface area contributed by atoms with Crippen molar-refractivity contribution in [2.75, 3.05) is 26.3 Å². The molecule has 0 amide bonds. The van der Waals surface area contributed by atoms with Crippen LogP contribution in [0, 0.1) is 36.7 Å². The molecule has 1 fully saturated rings. The molecule has 4 nitrogen and oxygen atoms in total. The highest BCUT2D eigenvalue weighted by Crippen LogP contribution is 2.19. The number of pyridine rings is 1. The van der Waals surface area contributed by atoms with Crippen molar-refractivity contribution in [3.8, 4) is 6.07 Å². The first-order valence-corrected chi connectivity index (χ1v) is 6.88. The molecular weight excluding hydrogens is 258 g/mol. The molecule has 102 valence electrons. The summed E-state index contributed by atoms with van der Waals surface area (Å²) in [5, 5.41) is 9.28. The van der Waals surface area contributed by atoms with Crippen LogP contribution in [0.15, 0.2) is 0 Å². The van der Waals surface area contributed by atoms with Crippen molar-refractivity contribution in [3.05, 3.63) is 27.0 Å². The highest BCUT2D eigenvalue weighted by Gasteiger charge is 2.15. The number of ether oxygens (including phenoxy) is 1. The third kappa shape index (κ3) is 2.71. The summed E-state index contributed by atoms with van der Waals surface area (Å²) in [4.78, 5) is 2.31. The summed E-state index contributed by atoms with van der Waals surface area (Å²) >= 11 is 5.48. The number of rotatable bonds is 2. The minimum Gasteiger partial charge on any atom is -0.379 e. The van der Waals surface area contributed by atoms with E-state index in [9.17, 15) is 5.26 Å². The van der Waals surface area contributed by atoms with Crippen LogP contribution in [0.25, 0.3) is 0 Å². The Morgan fingerprint density at radius 1 is 1.21 bits per heavy atom. The predicted octanol–water partition coefficient (Wildman–Crippen LogP) is 2.30. The molecule has 19 heavy (non-hydrogen) atoms. The van der Waals surface area contributed by atoms with Crippen LogP contribution in [0.2, 0.25) is 0 Å². The van der Waals surface area contributed by atoms with Crippen LogP contribution in [0.1, 0.15) is 22.4 Å². The van der Waals surface area contributed by atoms with Gasteiger partial charge in [0, 0.05) is 18.8 Å². The molecule has 1 aromatic heterocycles. The minimum atomic E-state index is 0.631. The van der Waals surface area contributed by atoms with Crippen LogP contribution in [-0.4, -0.2) is 35.8 Å². The lowest BCUT2D eigenvalue weighted by Crippen LogP contribution is -2.38. The van der Waals surface area contributed by atoms with Gasteiger partial charge in [0.25, 0.3) is 0 Å². The van der Waals surface area contributed by atoms with E-state index in [4.69, 9.17) is 17.0 Å². The van der Waals surface area contributed by atoms with Gasteiger partial charge in [0.1, 0.15) is 10.7 Å². The Hall–Kier alpha value is -1.22. The largest absolute Gasteiger partial charge is 0.379 e. The molecule has 1 aliphatic heterocycles. The first-order valence-electron chi connectivity index (χ1n) is 6.47. The first-order chi connectivity index (χ1) is 9.06. The number of hydrogen-bond donors (Lipinski definition) is 0. The van der Waals surface area contributed by atoms with Gasteiger partial charge in [0.2, 0.25) is 0 Å². The lowest BCUT2D eigenvalue weighted by atomic mass is 10.0. The summed E-state index contributed by atoms with van der Waals surface area (Å²) in [6.45, 7) is 10.2. The molecule has 0 saturated carbocycles. The monoisotopic (exact) mass is 277 g/mol. The quantitative estimate of drug-likeness (QED) is 0.778. The van der Waals surface area contributed by atoms with Crippen LogP contribution in [-0.2, 0) is 11.4 Å². The second-order valence-corrected chi connectivity index (χ2v) is 5.31. The Labute approximate surface area is 119 Å². The highest BCUT2D eigenvalue weighted by atomic mass is 32.1. The standard InChI is InChI=1S/C14H19N3OS/c1-10-11(2)13(8-15)14(19)17(12(10)3)9-16-4-6-18-7-5-16/h4-7,9H2,1-3H3. The summed E-state index contributed by atoms with van der Waals surface area (Å²) in [6.07, 6.45) is 0. The molecule has 0 radical (unpaired) electrons. The normalized spacial score (nSPS) is 16.3. The third-order valence-electron chi connectivity index (χ3n) is 3.90. The number of hydrogen-bond acceptors (Lipinski definition) is 4. The van der Waals surface area contributed by atoms with Gasteiger partial charge in [-0.15, -0.1) is 0 Å². The van der Waals surface area contributed by atoms with Crippen LogP contribution < -0.4 is 0 Å². The Morgan fingerprint density at radius 3 is 2.42 bits per heavy atom. The van der Waals surface area contributed by atoms with Crippen LogP contribution >= 0.6 is 12.2 Å². The molecule has 0 aromatic carbocycles. The highest BCUT2D eigenvalue weighted by molar-refractivity contribution is 7.71. The Morgan fingerprint density at radius 2 is 1.84 bits per heavy atom. The molecule has 0 bridgehead atoms. The smallest absolute Gasteiger partial charge is 0.125 e. The Balaban J connectivity index is 2.42. The van der Waals surface area contributed by atoms with Gasteiger partial charge in [0.15, 0.2) is 0 Å². The van der Waals surface area contributed by atoms with E-state index >= 15 is 0 Å². The molecule has 0 aliphatic carbocycles. The summed E-state index contributed by atoms with van der Waals surface area (Å²) in [5.41, 5.74) is 3.93.